The zero-order valence-corrected chi connectivity index (χ0v) is 12.7. The molecule has 0 bridgehead atoms. The summed E-state index contributed by atoms with van der Waals surface area (Å²) in [6.07, 6.45) is 0. The lowest BCUT2D eigenvalue weighted by molar-refractivity contribution is -0.156. The van der Waals surface area contributed by atoms with Crippen LogP contribution in [0.25, 0.3) is 0 Å². The number of benzene rings is 1. The van der Waals surface area contributed by atoms with Crippen LogP contribution in [0.15, 0.2) is 18.2 Å². The number of nitriles is 1. The number of esters is 1. The molecule has 0 N–H and O–H groups in total. The van der Waals surface area contributed by atoms with Crippen LogP contribution in [0.3, 0.4) is 0 Å². The first-order valence-electron chi connectivity index (χ1n) is 5.77. The van der Waals surface area contributed by atoms with Gasteiger partial charge in [0, 0.05) is 5.56 Å². The standard InChI is InChI=1S/C14H13Cl2NO3/c1-14(2,3)20-13(19)9(7-17)12(18)8-4-5-10(15)11(16)6-8/h4-6,9H,1-3H3. The number of rotatable bonds is 3. The molecule has 0 amide bonds. The van der Waals surface area contributed by atoms with Crippen LogP contribution < -0.4 is 0 Å². The Morgan fingerprint density at radius 2 is 1.85 bits per heavy atom. The van der Waals surface area contributed by atoms with Gasteiger partial charge in [0.15, 0.2) is 5.78 Å². The van der Waals surface area contributed by atoms with Crippen molar-refractivity contribution in [3.05, 3.63) is 33.8 Å². The fourth-order valence-corrected chi connectivity index (χ4v) is 1.69. The van der Waals surface area contributed by atoms with Crippen molar-refractivity contribution in [3.8, 4) is 6.07 Å². The third-order valence-corrected chi connectivity index (χ3v) is 2.98. The molecule has 0 aromatic heterocycles. The summed E-state index contributed by atoms with van der Waals surface area (Å²) in [6, 6.07) is 5.82. The highest BCUT2D eigenvalue weighted by atomic mass is 35.5. The quantitative estimate of drug-likeness (QED) is 0.485. The number of hydrogen-bond donors (Lipinski definition) is 0. The Morgan fingerprint density at radius 1 is 1.25 bits per heavy atom. The molecule has 4 nitrogen and oxygen atoms in total. The van der Waals surface area contributed by atoms with E-state index in [1.165, 1.54) is 18.2 Å². The van der Waals surface area contributed by atoms with E-state index in [0.29, 0.717) is 0 Å². The molecule has 0 aliphatic heterocycles. The summed E-state index contributed by atoms with van der Waals surface area (Å²) in [5.74, 6) is -3.07. The predicted octanol–water partition coefficient (Wildman–Crippen LogP) is 3.66. The van der Waals surface area contributed by atoms with Crippen molar-refractivity contribution in [2.45, 2.75) is 26.4 Å². The second-order valence-corrected chi connectivity index (χ2v) is 5.90. The average molecular weight is 314 g/mol. The molecule has 106 valence electrons. The SMILES string of the molecule is CC(C)(C)OC(=O)C(C#N)C(=O)c1ccc(Cl)c(Cl)c1. The Labute approximate surface area is 127 Å². The number of carbonyl (C=O) groups is 2. The number of ether oxygens (including phenoxy) is 1. The Morgan fingerprint density at radius 3 is 2.30 bits per heavy atom. The van der Waals surface area contributed by atoms with Gasteiger partial charge in [0.1, 0.15) is 5.60 Å². The minimum atomic E-state index is -1.52. The van der Waals surface area contributed by atoms with Gasteiger partial charge in [-0.25, -0.2) is 0 Å². The average Bonchev–Trinajstić information content (AvgIpc) is 2.31. The molecule has 6 heteroatoms. The zero-order valence-electron chi connectivity index (χ0n) is 11.2. The third kappa shape index (κ3) is 4.22. The van der Waals surface area contributed by atoms with Crippen LogP contribution >= 0.6 is 23.2 Å². The molecule has 0 aliphatic rings. The van der Waals surface area contributed by atoms with E-state index >= 15 is 0 Å². The molecule has 0 fully saturated rings. The largest absolute Gasteiger partial charge is 0.459 e. The molecule has 1 aromatic rings. The fourth-order valence-electron chi connectivity index (χ4n) is 1.40. The summed E-state index contributed by atoms with van der Waals surface area (Å²) in [5.41, 5.74) is -0.638. The molecule has 1 aromatic carbocycles. The van der Waals surface area contributed by atoms with E-state index in [1.807, 2.05) is 0 Å². The Hall–Kier alpha value is -1.57. The van der Waals surface area contributed by atoms with E-state index < -0.39 is 23.3 Å². The smallest absolute Gasteiger partial charge is 0.331 e. The van der Waals surface area contributed by atoms with Gasteiger partial charge in [-0.1, -0.05) is 23.2 Å². The van der Waals surface area contributed by atoms with Gasteiger partial charge in [0.2, 0.25) is 5.92 Å². The van der Waals surface area contributed by atoms with E-state index in [-0.39, 0.29) is 15.6 Å². The molecular formula is C14H13Cl2NO3. The number of hydrogen-bond acceptors (Lipinski definition) is 4. The lowest BCUT2D eigenvalue weighted by atomic mass is 9.98. The van der Waals surface area contributed by atoms with Crippen molar-refractivity contribution in [2.24, 2.45) is 5.92 Å². The summed E-state index contributed by atoms with van der Waals surface area (Å²) < 4.78 is 5.05. The molecule has 0 spiro atoms. The van der Waals surface area contributed by atoms with Crippen LogP contribution in [-0.4, -0.2) is 17.4 Å². The monoisotopic (exact) mass is 313 g/mol. The molecular weight excluding hydrogens is 301 g/mol. The third-order valence-electron chi connectivity index (χ3n) is 2.24. The van der Waals surface area contributed by atoms with E-state index in [4.69, 9.17) is 33.2 Å². The number of Topliss-reactive ketones (excluding diaryl/α,β-unsaturated/α-hetero) is 1. The predicted molar refractivity (Wildman–Crippen MR) is 75.7 cm³/mol. The van der Waals surface area contributed by atoms with Crippen molar-refractivity contribution >= 4 is 35.0 Å². The summed E-state index contributed by atoms with van der Waals surface area (Å²) in [5, 5.41) is 9.48. The van der Waals surface area contributed by atoms with Crippen LogP contribution in [0.2, 0.25) is 10.0 Å². The lowest BCUT2D eigenvalue weighted by Crippen LogP contribution is -2.32. The molecule has 0 aliphatic carbocycles. The van der Waals surface area contributed by atoms with Gasteiger partial charge in [0.25, 0.3) is 0 Å². The minimum absolute atomic E-state index is 0.136. The first-order chi connectivity index (χ1) is 9.15. The van der Waals surface area contributed by atoms with E-state index in [9.17, 15) is 9.59 Å². The number of carbonyl (C=O) groups excluding carboxylic acids is 2. The number of nitrogens with zero attached hydrogens (tertiary/aromatic N) is 1. The molecule has 0 saturated carbocycles. The maximum atomic E-state index is 12.1. The van der Waals surface area contributed by atoms with Crippen LogP contribution in [0.1, 0.15) is 31.1 Å². The maximum Gasteiger partial charge on any atom is 0.331 e. The molecule has 0 saturated heterocycles. The van der Waals surface area contributed by atoms with Gasteiger partial charge in [-0.15, -0.1) is 0 Å². The van der Waals surface area contributed by atoms with Gasteiger partial charge in [-0.2, -0.15) is 5.26 Å². The highest BCUT2D eigenvalue weighted by molar-refractivity contribution is 6.42. The summed E-state index contributed by atoms with van der Waals surface area (Å²) in [4.78, 5) is 24.0. The van der Waals surface area contributed by atoms with Crippen LogP contribution in [0.5, 0.6) is 0 Å². The summed E-state index contributed by atoms with van der Waals surface area (Å²) in [6.45, 7) is 4.97. The summed E-state index contributed by atoms with van der Waals surface area (Å²) >= 11 is 11.6. The molecule has 1 rings (SSSR count). The van der Waals surface area contributed by atoms with Gasteiger partial charge in [-0.05, 0) is 39.0 Å². The number of halogens is 2. The fraction of sp³-hybridized carbons (Fsp3) is 0.357. The van der Waals surface area contributed by atoms with Gasteiger partial charge < -0.3 is 4.74 Å². The van der Waals surface area contributed by atoms with Crippen molar-refractivity contribution in [2.75, 3.05) is 0 Å². The zero-order chi connectivity index (χ0) is 15.5. The lowest BCUT2D eigenvalue weighted by Gasteiger charge is -2.20. The van der Waals surface area contributed by atoms with E-state index in [2.05, 4.69) is 0 Å². The molecule has 0 radical (unpaired) electrons. The highest BCUT2D eigenvalue weighted by Gasteiger charge is 2.32. The molecule has 1 unspecified atom stereocenters. The Kier molecular flexibility index (Phi) is 5.15. The van der Waals surface area contributed by atoms with Gasteiger partial charge in [0.05, 0.1) is 16.1 Å². The van der Waals surface area contributed by atoms with E-state index in [0.717, 1.165) is 0 Å². The summed E-state index contributed by atoms with van der Waals surface area (Å²) in [7, 11) is 0. The molecule has 1 atom stereocenters. The molecule has 0 heterocycles. The van der Waals surface area contributed by atoms with Crippen LogP contribution in [-0.2, 0) is 9.53 Å². The first-order valence-corrected chi connectivity index (χ1v) is 6.53. The van der Waals surface area contributed by atoms with Crippen LogP contribution in [0, 0.1) is 17.2 Å². The minimum Gasteiger partial charge on any atom is -0.459 e. The Bertz CT molecular complexity index is 585. The topological polar surface area (TPSA) is 67.2 Å². The first kappa shape index (κ1) is 16.5. The van der Waals surface area contributed by atoms with Gasteiger partial charge in [-0.3, -0.25) is 9.59 Å². The normalized spacial score (nSPS) is 12.4. The van der Waals surface area contributed by atoms with Crippen molar-refractivity contribution in [1.29, 1.82) is 5.26 Å². The van der Waals surface area contributed by atoms with Crippen molar-refractivity contribution < 1.29 is 14.3 Å². The second-order valence-electron chi connectivity index (χ2n) is 5.09. The highest BCUT2D eigenvalue weighted by Crippen LogP contribution is 2.24. The number of ketones is 1. The van der Waals surface area contributed by atoms with Crippen molar-refractivity contribution in [3.63, 3.8) is 0 Å². The Balaban J connectivity index is 3.01. The second kappa shape index (κ2) is 6.25. The van der Waals surface area contributed by atoms with Crippen molar-refractivity contribution in [1.82, 2.24) is 0 Å². The van der Waals surface area contributed by atoms with Gasteiger partial charge >= 0.3 is 5.97 Å². The maximum absolute atomic E-state index is 12.1. The van der Waals surface area contributed by atoms with E-state index in [1.54, 1.807) is 26.8 Å². The van der Waals surface area contributed by atoms with Crippen LogP contribution in [0.4, 0.5) is 0 Å². The molecule has 20 heavy (non-hydrogen) atoms.